The van der Waals surface area contributed by atoms with E-state index < -0.39 is 17.3 Å². The molecule has 6 heteroatoms. The minimum Gasteiger partial charge on any atom is -0.475 e. The van der Waals surface area contributed by atoms with E-state index in [2.05, 4.69) is 11.6 Å². The number of allylic oxidation sites excluding steroid dienone is 1. The van der Waals surface area contributed by atoms with Gasteiger partial charge < -0.3 is 9.47 Å². The highest BCUT2D eigenvalue weighted by molar-refractivity contribution is 5.97. The van der Waals surface area contributed by atoms with Gasteiger partial charge in [0.15, 0.2) is 5.41 Å². The van der Waals surface area contributed by atoms with Gasteiger partial charge in [0.1, 0.15) is 0 Å². The van der Waals surface area contributed by atoms with Gasteiger partial charge in [-0.15, -0.1) is 6.58 Å². The maximum atomic E-state index is 14.1. The van der Waals surface area contributed by atoms with Crippen molar-refractivity contribution < 1.29 is 23.0 Å². The van der Waals surface area contributed by atoms with Crippen molar-refractivity contribution in [1.82, 2.24) is 0 Å². The fourth-order valence-electron chi connectivity index (χ4n) is 1.50. The van der Waals surface area contributed by atoms with Crippen LogP contribution in [0.5, 0.6) is 0 Å². The first-order chi connectivity index (χ1) is 9.23. The average Bonchev–Trinajstić information content (AvgIpc) is 2.33. The zero-order chi connectivity index (χ0) is 15.4. The molecule has 0 bridgehead atoms. The summed E-state index contributed by atoms with van der Waals surface area (Å²) < 4.78 is 38.2. The van der Waals surface area contributed by atoms with Crippen LogP contribution in [0, 0.1) is 5.41 Å². The Morgan fingerprint density at radius 2 is 2.20 bits per heavy atom. The molecular formula is C14H19F2NO3. The maximum absolute atomic E-state index is 14.1. The van der Waals surface area contributed by atoms with Crippen LogP contribution in [0.3, 0.4) is 0 Å². The van der Waals surface area contributed by atoms with Gasteiger partial charge in [0.2, 0.25) is 5.88 Å². The van der Waals surface area contributed by atoms with E-state index in [-0.39, 0.29) is 18.6 Å². The monoisotopic (exact) mass is 287 g/mol. The van der Waals surface area contributed by atoms with Crippen molar-refractivity contribution in [2.45, 2.75) is 39.2 Å². The molecule has 1 heterocycles. The second-order valence-electron chi connectivity index (χ2n) is 4.95. The van der Waals surface area contributed by atoms with Crippen molar-refractivity contribution in [2.75, 3.05) is 6.61 Å². The first-order valence-electron chi connectivity index (χ1n) is 6.33. The highest BCUT2D eigenvalue weighted by Crippen LogP contribution is 2.41. The third kappa shape index (κ3) is 3.43. The quantitative estimate of drug-likeness (QED) is 0.428. The molecule has 0 aromatic heterocycles. The Bertz CT molecular complexity index is 444. The number of halogens is 2. The van der Waals surface area contributed by atoms with E-state index in [1.807, 2.05) is 0 Å². The molecule has 1 atom stereocenters. The lowest BCUT2D eigenvalue weighted by Gasteiger charge is -2.32. The van der Waals surface area contributed by atoms with Crippen LogP contribution in [0.15, 0.2) is 29.6 Å². The molecule has 0 aromatic carbocycles. The Balaban J connectivity index is 2.86. The third-order valence-corrected chi connectivity index (χ3v) is 2.78. The van der Waals surface area contributed by atoms with Crippen molar-refractivity contribution >= 4 is 12.2 Å². The van der Waals surface area contributed by atoms with Crippen LogP contribution in [0.1, 0.15) is 27.2 Å². The molecule has 0 saturated carbocycles. The highest BCUT2D eigenvalue weighted by atomic mass is 19.3. The van der Waals surface area contributed by atoms with E-state index in [0.29, 0.717) is 12.5 Å². The highest BCUT2D eigenvalue weighted by Gasteiger charge is 2.56. The van der Waals surface area contributed by atoms with Gasteiger partial charge in [-0.2, -0.15) is 0 Å². The molecule has 112 valence electrons. The van der Waals surface area contributed by atoms with Gasteiger partial charge in [-0.1, -0.05) is 6.08 Å². The maximum Gasteiger partial charge on any atom is 0.323 e. The summed E-state index contributed by atoms with van der Waals surface area (Å²) in [5, 5.41) is 0. The lowest BCUT2D eigenvalue weighted by Crippen LogP contribution is -2.48. The van der Waals surface area contributed by atoms with E-state index in [1.54, 1.807) is 13.8 Å². The molecule has 0 N–H and O–H groups in total. The van der Waals surface area contributed by atoms with Crippen molar-refractivity contribution in [3.63, 3.8) is 0 Å². The number of rotatable bonds is 6. The van der Waals surface area contributed by atoms with Gasteiger partial charge in [0.25, 0.3) is 5.92 Å². The third-order valence-electron chi connectivity index (χ3n) is 2.78. The summed E-state index contributed by atoms with van der Waals surface area (Å²) in [4.78, 5) is 15.6. The number of carbonyl (C=O) groups excluding carboxylic acids is 1. The number of carbonyl (C=O) groups is 1. The number of aliphatic imine (C=N–C) groups is 1. The average molecular weight is 287 g/mol. The van der Waals surface area contributed by atoms with Crippen LogP contribution in [0.2, 0.25) is 0 Å². The largest absolute Gasteiger partial charge is 0.475 e. The summed E-state index contributed by atoms with van der Waals surface area (Å²) >= 11 is 0. The zero-order valence-electron chi connectivity index (χ0n) is 11.9. The van der Waals surface area contributed by atoms with Crippen molar-refractivity contribution in [3.8, 4) is 0 Å². The first kappa shape index (κ1) is 16.3. The topological polar surface area (TPSA) is 47.9 Å². The minimum absolute atomic E-state index is 0.0148. The van der Waals surface area contributed by atoms with Gasteiger partial charge in [-0.05, 0) is 27.2 Å². The lowest BCUT2D eigenvalue weighted by atomic mass is 9.83. The van der Waals surface area contributed by atoms with Gasteiger partial charge in [-0.3, -0.25) is 4.79 Å². The van der Waals surface area contributed by atoms with Crippen LogP contribution >= 0.6 is 0 Å². The molecule has 0 saturated heterocycles. The lowest BCUT2D eigenvalue weighted by molar-refractivity contribution is -0.164. The van der Waals surface area contributed by atoms with Crippen LogP contribution in [-0.2, 0) is 14.3 Å². The molecule has 0 radical (unpaired) electrons. The molecule has 1 rings (SSSR count). The van der Waals surface area contributed by atoms with E-state index >= 15 is 0 Å². The van der Waals surface area contributed by atoms with Gasteiger partial charge in [-0.25, -0.2) is 13.8 Å². The summed E-state index contributed by atoms with van der Waals surface area (Å²) in [5.41, 5.74) is -2.13. The fourth-order valence-corrected chi connectivity index (χ4v) is 1.50. The Morgan fingerprint density at radius 1 is 1.55 bits per heavy atom. The summed E-state index contributed by atoms with van der Waals surface area (Å²) in [6.07, 6.45) is 3.11. The predicted molar refractivity (Wildman–Crippen MR) is 71.6 cm³/mol. The molecule has 0 amide bonds. The molecular weight excluding hydrogens is 268 g/mol. The Hall–Kier alpha value is -1.72. The Morgan fingerprint density at radius 3 is 2.70 bits per heavy atom. The van der Waals surface area contributed by atoms with Crippen LogP contribution in [0.25, 0.3) is 0 Å². The van der Waals surface area contributed by atoms with Crippen LogP contribution in [0.4, 0.5) is 8.78 Å². The predicted octanol–water partition coefficient (Wildman–Crippen LogP) is 3.10. The van der Waals surface area contributed by atoms with E-state index in [4.69, 9.17) is 9.47 Å². The fraction of sp³-hybridized carbons (Fsp3) is 0.571. The van der Waals surface area contributed by atoms with Crippen molar-refractivity contribution in [3.05, 3.63) is 24.6 Å². The van der Waals surface area contributed by atoms with E-state index in [9.17, 15) is 13.6 Å². The minimum atomic E-state index is -3.43. The smallest absolute Gasteiger partial charge is 0.323 e. The number of nitrogens with zero attached hydrogens (tertiary/aromatic N) is 1. The standard InChI is InChI=1S/C14H19F2NO3/c1-5-6-7-19-12(18)13(4)9-17-11(20-10(2)3)8-14(13,15)16/h5,8-10H,1,6-7H2,2-4H3. The molecule has 0 fully saturated rings. The number of esters is 1. The summed E-state index contributed by atoms with van der Waals surface area (Å²) in [6.45, 7) is 7.97. The Labute approximate surface area is 117 Å². The molecule has 1 aliphatic heterocycles. The zero-order valence-corrected chi connectivity index (χ0v) is 11.9. The van der Waals surface area contributed by atoms with Crippen molar-refractivity contribution in [2.24, 2.45) is 10.4 Å². The molecule has 20 heavy (non-hydrogen) atoms. The molecule has 4 nitrogen and oxygen atoms in total. The second kappa shape index (κ2) is 6.15. The van der Waals surface area contributed by atoms with Gasteiger partial charge in [0, 0.05) is 12.3 Å². The van der Waals surface area contributed by atoms with Crippen LogP contribution in [-0.4, -0.2) is 30.8 Å². The molecule has 0 spiro atoms. The number of ether oxygens (including phenoxy) is 2. The second-order valence-corrected chi connectivity index (χ2v) is 4.95. The number of hydrogen-bond acceptors (Lipinski definition) is 4. The molecule has 1 unspecified atom stereocenters. The van der Waals surface area contributed by atoms with E-state index in [0.717, 1.165) is 13.1 Å². The normalized spacial score (nSPS) is 24.2. The van der Waals surface area contributed by atoms with E-state index in [1.165, 1.54) is 6.08 Å². The molecule has 0 aromatic rings. The summed E-state index contributed by atoms with van der Waals surface area (Å²) in [5.74, 6) is -4.64. The summed E-state index contributed by atoms with van der Waals surface area (Å²) in [7, 11) is 0. The number of alkyl halides is 2. The molecule has 1 aliphatic rings. The molecule has 0 aliphatic carbocycles. The van der Waals surface area contributed by atoms with Gasteiger partial charge in [0.05, 0.1) is 12.7 Å². The first-order valence-corrected chi connectivity index (χ1v) is 6.33. The SMILES string of the molecule is C=CCCOC(=O)C1(C)C=NC(OC(C)C)=CC1(F)F. The van der Waals surface area contributed by atoms with Crippen molar-refractivity contribution in [1.29, 1.82) is 0 Å². The Kier molecular flexibility index (Phi) is 5.03. The van der Waals surface area contributed by atoms with Gasteiger partial charge >= 0.3 is 5.97 Å². The van der Waals surface area contributed by atoms with Crippen LogP contribution < -0.4 is 0 Å². The number of hydrogen-bond donors (Lipinski definition) is 0. The summed E-state index contributed by atoms with van der Waals surface area (Å²) in [6, 6.07) is 0.